The van der Waals surface area contributed by atoms with Gasteiger partial charge in [-0.25, -0.2) is 19.6 Å². The molecule has 2 aromatic carbocycles. The minimum absolute atomic E-state index is 0.111. The highest BCUT2D eigenvalue weighted by Gasteiger charge is 2.37. The van der Waals surface area contributed by atoms with Crippen molar-refractivity contribution in [3.05, 3.63) is 72.6 Å². The first kappa shape index (κ1) is 34.7. The van der Waals surface area contributed by atoms with Crippen LogP contribution in [0.3, 0.4) is 0 Å². The summed E-state index contributed by atoms with van der Waals surface area (Å²) in [6.45, 7) is 8.89. The van der Waals surface area contributed by atoms with E-state index in [0.29, 0.717) is 19.5 Å². The topological polar surface area (TPSA) is 146 Å². The lowest BCUT2D eigenvalue weighted by Gasteiger charge is -2.28. The van der Waals surface area contributed by atoms with Crippen LogP contribution in [0.1, 0.15) is 90.0 Å². The first-order chi connectivity index (χ1) is 24.0. The Labute approximate surface area is 293 Å². The number of aromatic amines is 2. The molecule has 3 atom stereocenters. The number of hydrogen-bond acceptors (Lipinski definition) is 7. The lowest BCUT2D eigenvalue weighted by molar-refractivity contribution is -0.134. The molecule has 0 aliphatic carbocycles. The van der Waals surface area contributed by atoms with Gasteiger partial charge in [0.05, 0.1) is 43.0 Å². The number of aromatic nitrogens is 4. The summed E-state index contributed by atoms with van der Waals surface area (Å²) in [5.74, 6) is 1.40. The molecule has 2 aliphatic heterocycles. The predicted octanol–water partition coefficient (Wildman–Crippen LogP) is 7.39. The van der Waals surface area contributed by atoms with Crippen LogP contribution in [0.25, 0.3) is 33.6 Å². The first-order valence-corrected chi connectivity index (χ1v) is 17.5. The average molecular weight is 682 g/mol. The summed E-state index contributed by atoms with van der Waals surface area (Å²) in [7, 11) is 1.30. The lowest BCUT2D eigenvalue weighted by atomic mass is 10.0. The van der Waals surface area contributed by atoms with E-state index < -0.39 is 17.7 Å². The zero-order valence-electron chi connectivity index (χ0n) is 29.5. The summed E-state index contributed by atoms with van der Waals surface area (Å²) in [5.41, 5.74) is 5.40. The quantitative estimate of drug-likeness (QED) is 0.167. The maximum atomic E-state index is 13.4. The Morgan fingerprint density at radius 2 is 1.30 bits per heavy atom. The van der Waals surface area contributed by atoms with Crippen molar-refractivity contribution in [3.8, 4) is 33.6 Å². The van der Waals surface area contributed by atoms with Crippen LogP contribution < -0.4 is 5.32 Å². The molecule has 0 saturated carbocycles. The number of methoxy groups -OCH3 is 1. The summed E-state index contributed by atoms with van der Waals surface area (Å²) in [6.07, 6.45) is 7.44. The number of rotatable bonds is 9. The summed E-state index contributed by atoms with van der Waals surface area (Å²) in [4.78, 5) is 57.9. The number of amides is 3. The number of carbonyl (C=O) groups excluding carboxylic acids is 3. The number of H-pyrrole nitrogens is 2. The molecule has 12 heteroatoms. The molecular weight excluding hydrogens is 634 g/mol. The molecule has 0 bridgehead atoms. The van der Waals surface area contributed by atoms with Gasteiger partial charge in [0, 0.05) is 13.1 Å². The smallest absolute Gasteiger partial charge is 0.410 e. The number of likely N-dealkylation sites (tertiary alicyclic amines) is 2. The van der Waals surface area contributed by atoms with Crippen molar-refractivity contribution < 1.29 is 23.9 Å². The Kier molecular flexibility index (Phi) is 10.3. The van der Waals surface area contributed by atoms with Gasteiger partial charge in [-0.1, -0.05) is 61.9 Å². The van der Waals surface area contributed by atoms with Gasteiger partial charge < -0.3 is 29.7 Å². The fraction of sp³-hybridized carbons (Fsp3) is 0.447. The van der Waals surface area contributed by atoms with Gasteiger partial charge >= 0.3 is 12.2 Å². The first-order valence-electron chi connectivity index (χ1n) is 17.5. The van der Waals surface area contributed by atoms with E-state index in [2.05, 4.69) is 73.8 Å². The monoisotopic (exact) mass is 681 g/mol. The SMILES string of the molecule is CCC[C@H](NC(=O)OC)C(=O)N1CCC[C@H]1c1ncc(-c2ccc(-c3ccc(-c4cnc([C@@H]5CCCN5C(=O)OC(C)(C)C)[nH]4)cc3)cc2)[nH]1. The van der Waals surface area contributed by atoms with E-state index in [0.717, 1.165) is 77.4 Å². The number of benzene rings is 2. The number of alkyl carbamates (subject to hydrolysis) is 1. The number of nitrogens with zero attached hydrogens (tertiary/aromatic N) is 4. The minimum Gasteiger partial charge on any atom is -0.453 e. The second-order valence-electron chi connectivity index (χ2n) is 14.0. The van der Waals surface area contributed by atoms with Crippen LogP contribution >= 0.6 is 0 Å². The number of ether oxygens (including phenoxy) is 2. The predicted molar refractivity (Wildman–Crippen MR) is 190 cm³/mol. The van der Waals surface area contributed by atoms with E-state index in [1.807, 2.05) is 45.0 Å². The van der Waals surface area contributed by atoms with Crippen LogP contribution in [0.4, 0.5) is 9.59 Å². The second kappa shape index (κ2) is 14.8. The van der Waals surface area contributed by atoms with Crippen LogP contribution in [0.15, 0.2) is 60.9 Å². The maximum Gasteiger partial charge on any atom is 0.410 e. The molecule has 0 spiro atoms. The Bertz CT molecular complexity index is 1790. The molecule has 2 fully saturated rings. The van der Waals surface area contributed by atoms with Crippen molar-refractivity contribution in [1.82, 2.24) is 35.1 Å². The van der Waals surface area contributed by atoms with Crippen LogP contribution in [0, 0.1) is 0 Å². The molecule has 264 valence electrons. The maximum absolute atomic E-state index is 13.4. The molecule has 0 radical (unpaired) electrons. The third-order valence-corrected chi connectivity index (χ3v) is 9.32. The van der Waals surface area contributed by atoms with Crippen molar-refractivity contribution in [2.75, 3.05) is 20.2 Å². The summed E-state index contributed by atoms with van der Waals surface area (Å²) < 4.78 is 10.4. The van der Waals surface area contributed by atoms with Crippen LogP contribution in [-0.2, 0) is 14.3 Å². The normalized spacial score (nSPS) is 18.3. The van der Waals surface area contributed by atoms with Gasteiger partial charge in [0.1, 0.15) is 23.3 Å². The number of imidazole rings is 2. The van der Waals surface area contributed by atoms with E-state index in [4.69, 9.17) is 9.47 Å². The minimum atomic E-state index is -0.630. The number of hydrogen-bond donors (Lipinski definition) is 3. The number of nitrogens with one attached hydrogen (secondary N) is 3. The summed E-state index contributed by atoms with van der Waals surface area (Å²) in [5, 5.41) is 2.70. The fourth-order valence-electron chi connectivity index (χ4n) is 6.84. The van der Waals surface area contributed by atoms with E-state index in [1.165, 1.54) is 7.11 Å². The molecule has 6 rings (SSSR count). The van der Waals surface area contributed by atoms with Gasteiger partial charge in [-0.15, -0.1) is 0 Å². The van der Waals surface area contributed by atoms with Crippen molar-refractivity contribution in [2.45, 2.75) is 89.9 Å². The molecule has 3 N–H and O–H groups in total. The molecule has 2 saturated heterocycles. The van der Waals surface area contributed by atoms with E-state index in [1.54, 1.807) is 4.90 Å². The molecule has 3 amide bonds. The van der Waals surface area contributed by atoms with E-state index in [-0.39, 0.29) is 24.1 Å². The highest BCUT2D eigenvalue weighted by atomic mass is 16.6. The molecule has 12 nitrogen and oxygen atoms in total. The van der Waals surface area contributed by atoms with Crippen molar-refractivity contribution in [1.29, 1.82) is 0 Å². The Morgan fingerprint density at radius 3 is 1.78 bits per heavy atom. The molecule has 4 aromatic rings. The van der Waals surface area contributed by atoms with Gasteiger partial charge in [-0.2, -0.15) is 0 Å². The standard InChI is InChI=1S/C38H47N7O5/c1-6-9-28(43-36(47)49-5)35(46)44-20-7-10-31(44)33-39-22-29(41-33)26-16-12-24(13-17-26)25-14-18-27(19-15-25)30-23-40-34(42-30)32-11-8-21-45(32)37(48)50-38(2,3)4/h12-19,22-23,28,31-32H,6-11,20-21H2,1-5H3,(H,39,41)(H,40,42)(H,43,47)/t28-,31-,32-/m0/s1. The summed E-state index contributed by atoms with van der Waals surface area (Å²) >= 11 is 0. The van der Waals surface area contributed by atoms with Gasteiger partial charge in [0.25, 0.3) is 0 Å². The van der Waals surface area contributed by atoms with Crippen LogP contribution in [0.2, 0.25) is 0 Å². The average Bonchev–Trinajstić information content (AvgIpc) is 3.93. The Hall–Kier alpha value is -5.13. The van der Waals surface area contributed by atoms with Gasteiger partial charge in [0.15, 0.2) is 0 Å². The van der Waals surface area contributed by atoms with Crippen molar-refractivity contribution in [3.63, 3.8) is 0 Å². The van der Waals surface area contributed by atoms with E-state index in [9.17, 15) is 14.4 Å². The van der Waals surface area contributed by atoms with Crippen molar-refractivity contribution in [2.24, 2.45) is 0 Å². The van der Waals surface area contributed by atoms with Gasteiger partial charge in [-0.3, -0.25) is 9.69 Å². The van der Waals surface area contributed by atoms with Crippen molar-refractivity contribution >= 4 is 18.1 Å². The molecule has 4 heterocycles. The van der Waals surface area contributed by atoms with Crippen LogP contribution in [0.5, 0.6) is 0 Å². The number of carbonyl (C=O) groups is 3. The molecule has 50 heavy (non-hydrogen) atoms. The Balaban J connectivity index is 1.10. The van der Waals surface area contributed by atoms with Gasteiger partial charge in [0.2, 0.25) is 5.91 Å². The summed E-state index contributed by atoms with van der Waals surface area (Å²) in [6, 6.07) is 15.7. The van der Waals surface area contributed by atoms with Crippen LogP contribution in [-0.4, -0.2) is 79.7 Å². The molecule has 2 aliphatic rings. The zero-order valence-corrected chi connectivity index (χ0v) is 29.5. The highest BCUT2D eigenvalue weighted by molar-refractivity contribution is 5.86. The largest absolute Gasteiger partial charge is 0.453 e. The molecule has 0 unspecified atom stereocenters. The lowest BCUT2D eigenvalue weighted by Crippen LogP contribution is -2.48. The third kappa shape index (κ3) is 7.69. The Morgan fingerprint density at radius 1 is 0.820 bits per heavy atom. The fourth-order valence-corrected chi connectivity index (χ4v) is 6.84. The third-order valence-electron chi connectivity index (χ3n) is 9.32. The highest BCUT2D eigenvalue weighted by Crippen LogP contribution is 2.35. The second-order valence-corrected chi connectivity index (χ2v) is 14.0. The zero-order chi connectivity index (χ0) is 35.4. The van der Waals surface area contributed by atoms with Gasteiger partial charge in [-0.05, 0) is 75.1 Å². The van der Waals surface area contributed by atoms with E-state index >= 15 is 0 Å². The molecule has 2 aromatic heterocycles. The molecular formula is C38H47N7O5.